The number of ether oxygens (including phenoxy) is 2. The Balaban J connectivity index is 2.43. The largest absolute Gasteiger partial charge is 0.416 e. The fourth-order valence-corrected chi connectivity index (χ4v) is 2.12. The molecule has 0 aliphatic heterocycles. The van der Waals surface area contributed by atoms with Crippen LogP contribution in [0.4, 0.5) is 18.9 Å². The molecular weight excluding hydrogens is 279 g/mol. The normalized spacial score (nSPS) is 11.8. The van der Waals surface area contributed by atoms with Crippen molar-refractivity contribution in [2.75, 3.05) is 38.4 Å². The van der Waals surface area contributed by atoms with Crippen molar-refractivity contribution in [2.45, 2.75) is 11.1 Å². The zero-order valence-electron chi connectivity index (χ0n) is 10.5. The average molecular weight is 295 g/mol. The standard InChI is InChI=1S/C12H16F3NO2S/c1-17-4-5-18-6-7-19-11-3-2-9(8-10(11)16)12(13,14)15/h2-3,8H,4-7,16H2,1H3. The molecular formula is C12H16F3NO2S. The molecule has 0 amide bonds. The number of methoxy groups -OCH3 is 1. The van der Waals surface area contributed by atoms with Crippen LogP contribution in [-0.2, 0) is 15.7 Å². The Labute approximate surface area is 114 Å². The number of alkyl halides is 3. The third-order valence-electron chi connectivity index (χ3n) is 2.25. The Bertz CT molecular complexity index is 399. The van der Waals surface area contributed by atoms with Crippen molar-refractivity contribution in [3.05, 3.63) is 23.8 Å². The van der Waals surface area contributed by atoms with Gasteiger partial charge in [0.15, 0.2) is 0 Å². The number of hydrogen-bond donors (Lipinski definition) is 1. The summed E-state index contributed by atoms with van der Waals surface area (Å²) < 4.78 is 47.4. The number of nitrogen functional groups attached to an aromatic ring is 1. The van der Waals surface area contributed by atoms with Crippen LogP contribution in [0.1, 0.15) is 5.56 Å². The molecule has 1 aromatic carbocycles. The lowest BCUT2D eigenvalue weighted by atomic mass is 10.2. The molecule has 7 heteroatoms. The van der Waals surface area contributed by atoms with Crippen molar-refractivity contribution in [2.24, 2.45) is 0 Å². The van der Waals surface area contributed by atoms with Gasteiger partial charge in [-0.15, -0.1) is 11.8 Å². The maximum absolute atomic E-state index is 12.4. The van der Waals surface area contributed by atoms with Crippen LogP contribution in [0.15, 0.2) is 23.1 Å². The molecule has 0 unspecified atom stereocenters. The second-order valence-electron chi connectivity index (χ2n) is 3.70. The van der Waals surface area contributed by atoms with Crippen molar-refractivity contribution >= 4 is 17.4 Å². The van der Waals surface area contributed by atoms with Gasteiger partial charge in [0.25, 0.3) is 0 Å². The molecule has 0 fully saturated rings. The first kappa shape index (κ1) is 16.1. The Hall–Kier alpha value is -0.920. The minimum atomic E-state index is -4.36. The number of halogens is 3. The highest BCUT2D eigenvalue weighted by Gasteiger charge is 2.30. The van der Waals surface area contributed by atoms with E-state index in [4.69, 9.17) is 15.2 Å². The van der Waals surface area contributed by atoms with Gasteiger partial charge in [-0.3, -0.25) is 0 Å². The molecule has 19 heavy (non-hydrogen) atoms. The number of nitrogens with two attached hydrogens (primary N) is 1. The topological polar surface area (TPSA) is 44.5 Å². The Morgan fingerprint density at radius 1 is 1.21 bits per heavy atom. The molecule has 0 heterocycles. The molecule has 0 atom stereocenters. The first-order chi connectivity index (χ1) is 8.95. The van der Waals surface area contributed by atoms with Gasteiger partial charge in [0.1, 0.15) is 0 Å². The molecule has 3 nitrogen and oxygen atoms in total. The summed E-state index contributed by atoms with van der Waals surface area (Å²) in [5, 5.41) is 0. The van der Waals surface area contributed by atoms with E-state index in [1.54, 1.807) is 7.11 Å². The van der Waals surface area contributed by atoms with Crippen LogP contribution in [0, 0.1) is 0 Å². The van der Waals surface area contributed by atoms with Crippen LogP contribution < -0.4 is 5.73 Å². The summed E-state index contributed by atoms with van der Waals surface area (Å²) in [5.41, 5.74) is 5.00. The van der Waals surface area contributed by atoms with Crippen LogP contribution in [0.5, 0.6) is 0 Å². The van der Waals surface area contributed by atoms with Gasteiger partial charge in [0.05, 0.1) is 25.4 Å². The number of hydrogen-bond acceptors (Lipinski definition) is 4. The van der Waals surface area contributed by atoms with E-state index in [-0.39, 0.29) is 5.69 Å². The second kappa shape index (κ2) is 7.62. The summed E-state index contributed by atoms with van der Waals surface area (Å²) in [5.74, 6) is 0.624. The third kappa shape index (κ3) is 5.71. The van der Waals surface area contributed by atoms with Gasteiger partial charge in [-0.25, -0.2) is 0 Å². The molecule has 108 valence electrons. The van der Waals surface area contributed by atoms with Gasteiger partial charge in [-0.1, -0.05) is 0 Å². The molecule has 0 saturated carbocycles. The van der Waals surface area contributed by atoms with Crippen molar-refractivity contribution < 1.29 is 22.6 Å². The van der Waals surface area contributed by atoms with E-state index in [1.165, 1.54) is 17.8 Å². The minimum Gasteiger partial charge on any atom is -0.398 e. The fraction of sp³-hybridized carbons (Fsp3) is 0.500. The summed E-state index contributed by atoms with van der Waals surface area (Å²) in [4.78, 5) is 0.628. The number of rotatable bonds is 7. The SMILES string of the molecule is COCCOCCSc1ccc(C(F)(F)F)cc1N. The van der Waals surface area contributed by atoms with Gasteiger partial charge < -0.3 is 15.2 Å². The van der Waals surface area contributed by atoms with Gasteiger partial charge >= 0.3 is 6.18 Å². The van der Waals surface area contributed by atoms with E-state index in [1.807, 2.05) is 0 Å². The highest BCUT2D eigenvalue weighted by molar-refractivity contribution is 7.99. The van der Waals surface area contributed by atoms with E-state index in [2.05, 4.69) is 0 Å². The molecule has 0 radical (unpaired) electrons. The summed E-state index contributed by atoms with van der Waals surface area (Å²) in [7, 11) is 1.58. The minimum absolute atomic E-state index is 0.136. The Morgan fingerprint density at radius 2 is 1.95 bits per heavy atom. The predicted molar refractivity (Wildman–Crippen MR) is 69.3 cm³/mol. The molecule has 0 aliphatic rings. The lowest BCUT2D eigenvalue weighted by Gasteiger charge is -2.10. The molecule has 1 rings (SSSR count). The third-order valence-corrected chi connectivity index (χ3v) is 3.31. The summed E-state index contributed by atoms with van der Waals surface area (Å²) in [6.45, 7) is 1.52. The summed E-state index contributed by atoms with van der Waals surface area (Å²) in [6.07, 6.45) is -4.36. The maximum Gasteiger partial charge on any atom is 0.416 e. The molecule has 0 aromatic heterocycles. The Kier molecular flexibility index (Phi) is 6.47. The average Bonchev–Trinajstić information content (AvgIpc) is 2.34. The molecule has 2 N–H and O–H groups in total. The zero-order chi connectivity index (χ0) is 14.3. The quantitative estimate of drug-likeness (QED) is 0.477. The molecule has 0 bridgehead atoms. The van der Waals surface area contributed by atoms with Crippen molar-refractivity contribution in [1.29, 1.82) is 0 Å². The monoisotopic (exact) mass is 295 g/mol. The zero-order valence-corrected chi connectivity index (χ0v) is 11.3. The fourth-order valence-electron chi connectivity index (χ4n) is 1.31. The first-order valence-corrected chi connectivity index (χ1v) is 6.60. The molecule has 0 spiro atoms. The van der Waals surface area contributed by atoms with Crippen LogP contribution in [0.3, 0.4) is 0 Å². The lowest BCUT2D eigenvalue weighted by Crippen LogP contribution is -2.06. The predicted octanol–water partition coefficient (Wildman–Crippen LogP) is 3.04. The van der Waals surface area contributed by atoms with Gasteiger partial charge in [-0.2, -0.15) is 13.2 Å². The second-order valence-corrected chi connectivity index (χ2v) is 4.84. The van der Waals surface area contributed by atoms with Crippen molar-refractivity contribution in [1.82, 2.24) is 0 Å². The lowest BCUT2D eigenvalue weighted by molar-refractivity contribution is -0.137. The summed E-state index contributed by atoms with van der Waals surface area (Å²) >= 11 is 1.37. The Morgan fingerprint density at radius 3 is 2.53 bits per heavy atom. The molecule has 0 aliphatic carbocycles. The van der Waals surface area contributed by atoms with E-state index >= 15 is 0 Å². The number of anilines is 1. The van der Waals surface area contributed by atoms with E-state index < -0.39 is 11.7 Å². The van der Waals surface area contributed by atoms with Crippen LogP contribution >= 0.6 is 11.8 Å². The first-order valence-electron chi connectivity index (χ1n) is 5.61. The smallest absolute Gasteiger partial charge is 0.398 e. The van der Waals surface area contributed by atoms with E-state index in [0.717, 1.165) is 12.1 Å². The van der Waals surface area contributed by atoms with Crippen LogP contribution in [-0.4, -0.2) is 32.7 Å². The van der Waals surface area contributed by atoms with Gasteiger partial charge in [0, 0.05) is 23.4 Å². The number of benzene rings is 1. The van der Waals surface area contributed by atoms with Crippen LogP contribution in [0.25, 0.3) is 0 Å². The van der Waals surface area contributed by atoms with E-state index in [9.17, 15) is 13.2 Å². The van der Waals surface area contributed by atoms with E-state index in [0.29, 0.717) is 30.5 Å². The maximum atomic E-state index is 12.4. The highest BCUT2D eigenvalue weighted by Crippen LogP contribution is 2.34. The summed E-state index contributed by atoms with van der Waals surface area (Å²) in [6, 6.07) is 3.37. The van der Waals surface area contributed by atoms with Crippen molar-refractivity contribution in [3.63, 3.8) is 0 Å². The van der Waals surface area contributed by atoms with Gasteiger partial charge in [0.2, 0.25) is 0 Å². The van der Waals surface area contributed by atoms with Crippen LogP contribution in [0.2, 0.25) is 0 Å². The highest BCUT2D eigenvalue weighted by atomic mass is 32.2. The molecule has 1 aromatic rings. The number of thioether (sulfide) groups is 1. The van der Waals surface area contributed by atoms with Crippen molar-refractivity contribution in [3.8, 4) is 0 Å². The van der Waals surface area contributed by atoms with Gasteiger partial charge in [-0.05, 0) is 18.2 Å². The molecule has 0 saturated heterocycles.